The first kappa shape index (κ1) is 12.3. The van der Waals surface area contributed by atoms with Gasteiger partial charge in [0.15, 0.2) is 0 Å². The average Bonchev–Trinajstić information content (AvgIpc) is 2.78. The Morgan fingerprint density at radius 3 is 2.84 bits per heavy atom. The minimum Gasteiger partial charge on any atom is -0.373 e. The average molecular weight is 278 g/mol. The highest BCUT2D eigenvalue weighted by molar-refractivity contribution is 7.11. The van der Waals surface area contributed by atoms with Gasteiger partial charge in [-0.2, -0.15) is 0 Å². The first-order chi connectivity index (χ1) is 9.29. The summed E-state index contributed by atoms with van der Waals surface area (Å²) < 4.78 is 6.11. The molecule has 2 heterocycles. The molecule has 4 rings (SSSR count). The molecule has 1 N–H and O–H groups in total. The van der Waals surface area contributed by atoms with Crippen molar-refractivity contribution in [1.82, 2.24) is 10.3 Å². The van der Waals surface area contributed by atoms with Gasteiger partial charge in [-0.25, -0.2) is 4.98 Å². The second-order valence-electron chi connectivity index (χ2n) is 6.26. The second-order valence-corrected chi connectivity index (χ2v) is 7.37. The molecule has 2 aliphatic carbocycles. The van der Waals surface area contributed by atoms with Crippen LogP contribution >= 0.6 is 11.3 Å². The Hall–Kier alpha value is -0.450. The van der Waals surface area contributed by atoms with Gasteiger partial charge in [-0.3, -0.25) is 0 Å². The molecule has 1 aromatic rings. The minimum absolute atomic E-state index is 0.335. The van der Waals surface area contributed by atoms with Crippen LogP contribution in [0.4, 0.5) is 0 Å². The highest BCUT2D eigenvalue weighted by Gasteiger charge is 2.37. The molecule has 0 spiro atoms. The summed E-state index contributed by atoms with van der Waals surface area (Å²) in [5, 5.41) is 5.07. The van der Waals surface area contributed by atoms with Crippen LogP contribution in [0.15, 0.2) is 0 Å². The summed E-state index contributed by atoms with van der Waals surface area (Å²) in [7, 11) is 0. The van der Waals surface area contributed by atoms with E-state index in [0.717, 1.165) is 0 Å². The lowest BCUT2D eigenvalue weighted by molar-refractivity contribution is 0.0310. The van der Waals surface area contributed by atoms with Crippen molar-refractivity contribution in [1.29, 1.82) is 0 Å². The van der Waals surface area contributed by atoms with Crippen molar-refractivity contribution in [2.45, 2.75) is 76.2 Å². The summed E-state index contributed by atoms with van der Waals surface area (Å²) in [5.74, 6) is 0. The van der Waals surface area contributed by atoms with E-state index in [9.17, 15) is 0 Å². The Morgan fingerprint density at radius 1 is 1.26 bits per heavy atom. The fourth-order valence-corrected chi connectivity index (χ4v) is 4.53. The fraction of sp³-hybridized carbons (Fsp3) is 0.800. The molecule has 1 aromatic heterocycles. The number of thiazole rings is 1. The number of fused-ring (bicyclic) bond motifs is 1. The maximum Gasteiger partial charge on any atom is 0.113 e. The van der Waals surface area contributed by atoms with Crippen LogP contribution in [-0.4, -0.2) is 23.2 Å². The molecular weight excluding hydrogens is 256 g/mol. The van der Waals surface area contributed by atoms with Crippen LogP contribution in [0.3, 0.4) is 0 Å². The molecule has 3 unspecified atom stereocenters. The van der Waals surface area contributed by atoms with Crippen molar-refractivity contribution in [3.63, 3.8) is 0 Å². The Morgan fingerprint density at radius 2 is 2.16 bits per heavy atom. The molecule has 0 amide bonds. The van der Waals surface area contributed by atoms with Crippen molar-refractivity contribution in [2.24, 2.45) is 0 Å². The van der Waals surface area contributed by atoms with E-state index >= 15 is 0 Å². The van der Waals surface area contributed by atoms with Crippen LogP contribution in [0.5, 0.6) is 0 Å². The van der Waals surface area contributed by atoms with E-state index in [1.54, 1.807) is 0 Å². The molecule has 2 fully saturated rings. The van der Waals surface area contributed by atoms with Gasteiger partial charge in [0, 0.05) is 10.9 Å². The molecule has 0 aromatic carbocycles. The van der Waals surface area contributed by atoms with E-state index in [4.69, 9.17) is 9.72 Å². The zero-order valence-electron chi connectivity index (χ0n) is 11.5. The summed E-state index contributed by atoms with van der Waals surface area (Å²) in [5.41, 5.74) is 1.37. The van der Waals surface area contributed by atoms with Gasteiger partial charge in [0.2, 0.25) is 0 Å². The van der Waals surface area contributed by atoms with Gasteiger partial charge in [0.1, 0.15) is 5.01 Å². The Kier molecular flexibility index (Phi) is 3.13. The second kappa shape index (κ2) is 4.83. The molecule has 3 atom stereocenters. The summed E-state index contributed by atoms with van der Waals surface area (Å²) in [6.07, 6.45) is 9.49. The molecule has 1 saturated carbocycles. The van der Waals surface area contributed by atoms with Crippen molar-refractivity contribution in [3.8, 4) is 0 Å². The summed E-state index contributed by atoms with van der Waals surface area (Å²) in [6, 6.07) is 1.05. The number of aromatic nitrogens is 1. The Bertz CT molecular complexity index is 447. The molecule has 104 valence electrons. The normalized spacial score (nSPS) is 31.6. The largest absolute Gasteiger partial charge is 0.373 e. The Balaban J connectivity index is 1.57. The molecule has 3 aliphatic rings. The van der Waals surface area contributed by atoms with Crippen LogP contribution in [-0.2, 0) is 17.6 Å². The van der Waals surface area contributed by atoms with Gasteiger partial charge in [-0.1, -0.05) is 0 Å². The molecule has 1 aliphatic heterocycles. The summed E-state index contributed by atoms with van der Waals surface area (Å²) in [4.78, 5) is 6.45. The van der Waals surface area contributed by atoms with Crippen molar-refractivity contribution in [3.05, 3.63) is 15.6 Å². The molecular formula is C15H22N2OS. The van der Waals surface area contributed by atoms with Gasteiger partial charge >= 0.3 is 0 Å². The van der Waals surface area contributed by atoms with E-state index < -0.39 is 0 Å². The van der Waals surface area contributed by atoms with Crippen LogP contribution < -0.4 is 5.32 Å². The third kappa shape index (κ3) is 2.46. The highest BCUT2D eigenvalue weighted by Crippen LogP contribution is 2.37. The maximum absolute atomic E-state index is 6.11. The minimum atomic E-state index is 0.335. The smallest absolute Gasteiger partial charge is 0.113 e. The Labute approximate surface area is 118 Å². The van der Waals surface area contributed by atoms with Crippen molar-refractivity contribution < 1.29 is 4.74 Å². The number of aryl methyl sites for hydroxylation is 2. The van der Waals surface area contributed by atoms with Crippen LogP contribution in [0.25, 0.3) is 0 Å². The lowest BCUT2D eigenvalue weighted by atomic mass is 10.1. The molecule has 0 bridgehead atoms. The predicted molar refractivity (Wildman–Crippen MR) is 76.6 cm³/mol. The van der Waals surface area contributed by atoms with E-state index in [2.05, 4.69) is 12.2 Å². The van der Waals surface area contributed by atoms with Gasteiger partial charge in [0.05, 0.1) is 23.9 Å². The summed E-state index contributed by atoms with van der Waals surface area (Å²) >= 11 is 1.93. The van der Waals surface area contributed by atoms with E-state index in [1.165, 1.54) is 60.5 Å². The molecule has 3 nitrogen and oxygen atoms in total. The number of hydrogen-bond donors (Lipinski definition) is 1. The highest BCUT2D eigenvalue weighted by atomic mass is 32.1. The lowest BCUT2D eigenvalue weighted by Gasteiger charge is -2.23. The third-order valence-corrected chi connectivity index (χ3v) is 5.75. The van der Waals surface area contributed by atoms with Gasteiger partial charge < -0.3 is 10.1 Å². The zero-order valence-corrected chi connectivity index (χ0v) is 12.3. The molecule has 4 heteroatoms. The predicted octanol–water partition coefficient (Wildman–Crippen LogP) is 2.99. The number of nitrogens with zero attached hydrogens (tertiary/aromatic N) is 1. The van der Waals surface area contributed by atoms with Crippen LogP contribution in [0.1, 0.15) is 60.6 Å². The maximum atomic E-state index is 6.11. The van der Waals surface area contributed by atoms with Crippen LogP contribution in [0.2, 0.25) is 0 Å². The third-order valence-electron chi connectivity index (χ3n) is 4.51. The standard InChI is InChI=1S/C15H22N2OS/c1-9-5-8-12(18-9)14(16-10-6-7-10)15-17-11-3-2-4-13(11)19-15/h9-10,12,14,16H,2-8H2,1H3. The van der Waals surface area contributed by atoms with E-state index in [0.29, 0.717) is 24.3 Å². The number of rotatable bonds is 4. The van der Waals surface area contributed by atoms with Gasteiger partial charge in [-0.05, 0) is 51.9 Å². The van der Waals surface area contributed by atoms with Crippen LogP contribution in [0, 0.1) is 0 Å². The van der Waals surface area contributed by atoms with E-state index in [1.807, 2.05) is 11.3 Å². The lowest BCUT2D eigenvalue weighted by Crippen LogP contribution is -2.33. The molecule has 1 saturated heterocycles. The number of nitrogens with one attached hydrogen (secondary N) is 1. The quantitative estimate of drug-likeness (QED) is 0.919. The first-order valence-electron chi connectivity index (χ1n) is 7.69. The molecule has 19 heavy (non-hydrogen) atoms. The summed E-state index contributed by atoms with van der Waals surface area (Å²) in [6.45, 7) is 2.19. The first-order valence-corrected chi connectivity index (χ1v) is 8.51. The fourth-order valence-electron chi connectivity index (χ4n) is 3.26. The monoisotopic (exact) mass is 278 g/mol. The van der Waals surface area contributed by atoms with Gasteiger partial charge in [0.25, 0.3) is 0 Å². The molecule has 0 radical (unpaired) electrons. The SMILES string of the molecule is CC1CCC(C(NC2CC2)c2nc3c(s2)CCC3)O1. The van der Waals surface area contributed by atoms with Crippen molar-refractivity contribution >= 4 is 11.3 Å². The number of ether oxygens (including phenoxy) is 1. The number of hydrogen-bond acceptors (Lipinski definition) is 4. The van der Waals surface area contributed by atoms with Gasteiger partial charge in [-0.15, -0.1) is 11.3 Å². The van der Waals surface area contributed by atoms with E-state index in [-0.39, 0.29) is 0 Å². The zero-order chi connectivity index (χ0) is 12.8. The van der Waals surface area contributed by atoms with Crippen molar-refractivity contribution in [2.75, 3.05) is 0 Å². The topological polar surface area (TPSA) is 34.2 Å².